The van der Waals surface area contributed by atoms with E-state index in [0.717, 1.165) is 6.42 Å². The molecular weight excluding hydrogens is 280 g/mol. The molecule has 0 saturated carbocycles. The lowest BCUT2D eigenvalue weighted by atomic mass is 10.1. The number of carbonyl (C=O) groups excluding carboxylic acids is 1. The van der Waals surface area contributed by atoms with Crippen LogP contribution in [0, 0.1) is 5.92 Å². The Kier molecular flexibility index (Phi) is 5.35. The Morgan fingerprint density at radius 2 is 1.95 bits per heavy atom. The minimum atomic E-state index is -3.83. The Morgan fingerprint density at radius 3 is 2.40 bits per heavy atom. The van der Waals surface area contributed by atoms with E-state index in [1.165, 1.54) is 12.3 Å². The van der Waals surface area contributed by atoms with E-state index in [-0.39, 0.29) is 16.6 Å². The Hall–Kier alpha value is -1.34. The number of rotatable bonds is 6. The van der Waals surface area contributed by atoms with Crippen LogP contribution in [0.1, 0.15) is 50.6 Å². The van der Waals surface area contributed by atoms with Crippen molar-refractivity contribution in [3.63, 3.8) is 0 Å². The van der Waals surface area contributed by atoms with Gasteiger partial charge in [0.05, 0.1) is 6.61 Å². The normalized spacial score (nSPS) is 12.2. The number of nitrogens with zero attached hydrogens (tertiary/aromatic N) is 1. The molecule has 0 unspecified atom stereocenters. The Bertz CT molecular complexity index is 573. The van der Waals surface area contributed by atoms with Crippen LogP contribution in [0.15, 0.2) is 17.2 Å². The van der Waals surface area contributed by atoms with Crippen molar-refractivity contribution < 1.29 is 17.9 Å². The Morgan fingerprint density at radius 1 is 1.35 bits per heavy atom. The molecule has 0 fully saturated rings. The first-order chi connectivity index (χ1) is 9.12. The third-order valence-electron chi connectivity index (χ3n) is 2.85. The molecule has 0 bridgehead atoms. The number of nitrogens with two attached hydrogens (primary N) is 1. The summed E-state index contributed by atoms with van der Waals surface area (Å²) in [5.74, 6) is -0.103. The summed E-state index contributed by atoms with van der Waals surface area (Å²) < 4.78 is 29.4. The summed E-state index contributed by atoms with van der Waals surface area (Å²) in [4.78, 5) is 11.9. The highest BCUT2D eigenvalue weighted by Crippen LogP contribution is 2.19. The maximum atomic E-state index is 12.0. The maximum Gasteiger partial charge on any atom is 0.354 e. The van der Waals surface area contributed by atoms with Gasteiger partial charge in [-0.2, -0.15) is 0 Å². The second kappa shape index (κ2) is 6.41. The summed E-state index contributed by atoms with van der Waals surface area (Å²) >= 11 is 0. The minimum Gasteiger partial charge on any atom is -0.461 e. The van der Waals surface area contributed by atoms with Crippen LogP contribution in [-0.2, 0) is 14.8 Å². The molecular formula is C13H22N2O4S. The zero-order valence-corrected chi connectivity index (χ0v) is 13.1. The van der Waals surface area contributed by atoms with Gasteiger partial charge in [0.1, 0.15) is 10.6 Å². The minimum absolute atomic E-state index is 0.0712. The van der Waals surface area contributed by atoms with Crippen LogP contribution in [0.5, 0.6) is 0 Å². The topological polar surface area (TPSA) is 91.4 Å². The number of sulfonamides is 1. The van der Waals surface area contributed by atoms with Crippen LogP contribution in [0.25, 0.3) is 0 Å². The van der Waals surface area contributed by atoms with E-state index < -0.39 is 16.0 Å². The molecule has 6 nitrogen and oxygen atoms in total. The number of ether oxygens (including phenoxy) is 1. The van der Waals surface area contributed by atoms with Gasteiger partial charge in [0.2, 0.25) is 10.0 Å². The van der Waals surface area contributed by atoms with Crippen LogP contribution in [-0.4, -0.2) is 25.6 Å². The van der Waals surface area contributed by atoms with Crippen molar-refractivity contribution in [3.05, 3.63) is 18.0 Å². The highest BCUT2D eigenvalue weighted by atomic mass is 32.2. The fourth-order valence-corrected chi connectivity index (χ4v) is 2.20. The number of hydrogen-bond donors (Lipinski definition) is 1. The Labute approximate surface area is 120 Å². The molecule has 0 aromatic carbocycles. The third-order valence-corrected chi connectivity index (χ3v) is 3.73. The van der Waals surface area contributed by atoms with E-state index >= 15 is 0 Å². The summed E-state index contributed by atoms with van der Waals surface area (Å²) in [7, 11) is -3.83. The lowest BCUT2D eigenvalue weighted by molar-refractivity contribution is 0.0474. The molecule has 2 N–H and O–H groups in total. The van der Waals surface area contributed by atoms with Crippen LogP contribution < -0.4 is 5.14 Å². The number of carbonyl (C=O) groups is 1. The van der Waals surface area contributed by atoms with Crippen LogP contribution in [0.3, 0.4) is 0 Å². The van der Waals surface area contributed by atoms with Crippen molar-refractivity contribution in [2.45, 2.75) is 45.1 Å². The number of esters is 1. The van der Waals surface area contributed by atoms with Crippen molar-refractivity contribution in [1.82, 2.24) is 4.57 Å². The molecule has 0 aliphatic rings. The van der Waals surface area contributed by atoms with Gasteiger partial charge >= 0.3 is 5.97 Å². The molecule has 0 spiro atoms. The van der Waals surface area contributed by atoms with Gasteiger partial charge in [-0.3, -0.25) is 0 Å². The average molecular weight is 302 g/mol. The fourth-order valence-electron chi connectivity index (χ4n) is 1.66. The average Bonchev–Trinajstić information content (AvgIpc) is 2.72. The van der Waals surface area contributed by atoms with E-state index in [0.29, 0.717) is 12.5 Å². The number of aromatic nitrogens is 1. The zero-order chi connectivity index (χ0) is 15.5. The standard InChI is InChI=1S/C13H22N2O4S/c1-9(2)5-6-19-13(16)12-7-11(20(14,17)18)8-15(12)10(3)4/h7-10H,5-6H2,1-4H3,(H2,14,17,18). The summed E-state index contributed by atoms with van der Waals surface area (Å²) in [6.07, 6.45) is 2.12. The van der Waals surface area contributed by atoms with E-state index in [4.69, 9.17) is 9.88 Å². The van der Waals surface area contributed by atoms with Gasteiger partial charge in [0.25, 0.3) is 0 Å². The molecule has 0 aliphatic carbocycles. The summed E-state index contributed by atoms with van der Waals surface area (Å²) in [6.45, 7) is 8.06. The monoisotopic (exact) mass is 302 g/mol. The molecule has 114 valence electrons. The van der Waals surface area contributed by atoms with Crippen molar-refractivity contribution in [3.8, 4) is 0 Å². The summed E-state index contributed by atoms with van der Waals surface area (Å²) in [6, 6.07) is 1.19. The van der Waals surface area contributed by atoms with Gasteiger partial charge in [-0.05, 0) is 32.3 Å². The smallest absolute Gasteiger partial charge is 0.354 e. The van der Waals surface area contributed by atoms with Crippen molar-refractivity contribution in [2.75, 3.05) is 6.61 Å². The second-order valence-corrected chi connectivity index (χ2v) is 6.99. The van der Waals surface area contributed by atoms with Gasteiger partial charge in [-0.1, -0.05) is 13.8 Å². The number of primary sulfonamides is 1. The van der Waals surface area contributed by atoms with Gasteiger partial charge in [-0.25, -0.2) is 18.4 Å². The van der Waals surface area contributed by atoms with E-state index in [9.17, 15) is 13.2 Å². The molecule has 0 amide bonds. The second-order valence-electron chi connectivity index (χ2n) is 5.43. The predicted molar refractivity (Wildman–Crippen MR) is 75.9 cm³/mol. The third kappa shape index (κ3) is 4.35. The summed E-state index contributed by atoms with van der Waals surface area (Å²) in [5.41, 5.74) is 0.202. The highest BCUT2D eigenvalue weighted by molar-refractivity contribution is 7.89. The molecule has 0 saturated heterocycles. The molecule has 20 heavy (non-hydrogen) atoms. The van der Waals surface area contributed by atoms with E-state index in [1.54, 1.807) is 4.57 Å². The van der Waals surface area contributed by atoms with Crippen molar-refractivity contribution in [2.24, 2.45) is 11.1 Å². The first kappa shape index (κ1) is 16.7. The first-order valence-corrected chi connectivity index (χ1v) is 8.09. The lowest BCUT2D eigenvalue weighted by Crippen LogP contribution is -2.14. The summed E-state index contributed by atoms with van der Waals surface area (Å²) in [5, 5.41) is 5.09. The lowest BCUT2D eigenvalue weighted by Gasteiger charge is -2.12. The molecule has 1 rings (SSSR count). The predicted octanol–water partition coefficient (Wildman–Crippen LogP) is 1.92. The molecule has 0 aliphatic heterocycles. The number of hydrogen-bond acceptors (Lipinski definition) is 4. The van der Waals surface area contributed by atoms with E-state index in [1.807, 2.05) is 27.7 Å². The van der Waals surface area contributed by atoms with Gasteiger partial charge in [-0.15, -0.1) is 0 Å². The Balaban J connectivity index is 2.98. The van der Waals surface area contributed by atoms with Crippen molar-refractivity contribution >= 4 is 16.0 Å². The molecule has 0 radical (unpaired) electrons. The maximum absolute atomic E-state index is 12.0. The van der Waals surface area contributed by atoms with E-state index in [2.05, 4.69) is 0 Å². The molecule has 1 heterocycles. The SMILES string of the molecule is CC(C)CCOC(=O)c1cc(S(N)(=O)=O)cn1C(C)C. The quantitative estimate of drug-likeness (QED) is 0.813. The van der Waals surface area contributed by atoms with Crippen LogP contribution in [0.4, 0.5) is 0 Å². The molecule has 1 aromatic rings. The largest absolute Gasteiger partial charge is 0.461 e. The van der Waals surface area contributed by atoms with Crippen LogP contribution in [0.2, 0.25) is 0 Å². The zero-order valence-electron chi connectivity index (χ0n) is 12.3. The van der Waals surface area contributed by atoms with Crippen molar-refractivity contribution in [1.29, 1.82) is 0 Å². The van der Waals surface area contributed by atoms with Gasteiger partial charge in [0, 0.05) is 12.2 Å². The van der Waals surface area contributed by atoms with Gasteiger partial charge < -0.3 is 9.30 Å². The molecule has 0 atom stereocenters. The van der Waals surface area contributed by atoms with Gasteiger partial charge in [0.15, 0.2) is 0 Å². The first-order valence-electron chi connectivity index (χ1n) is 6.54. The molecule has 1 aromatic heterocycles. The van der Waals surface area contributed by atoms with Crippen LogP contribution >= 0.6 is 0 Å². The highest BCUT2D eigenvalue weighted by Gasteiger charge is 2.21. The molecule has 7 heteroatoms. The fraction of sp³-hybridized carbons (Fsp3) is 0.615.